The molecule has 1 fully saturated rings. The van der Waals surface area contributed by atoms with Crippen LogP contribution in [0.3, 0.4) is 0 Å². The first kappa shape index (κ1) is 11.9. The fourth-order valence-corrected chi connectivity index (χ4v) is 3.16. The number of benzene rings is 1. The third kappa shape index (κ3) is 3.80. The standard InChI is InChI=1S/C13H18FNS/c14-12-4-1-5-13(9-12)16-10-11-3-2-7-15-8-6-11/h1,4-5,9,11,15H,2-3,6-8,10H2. The van der Waals surface area contributed by atoms with Gasteiger partial charge in [-0.05, 0) is 56.5 Å². The lowest BCUT2D eigenvalue weighted by Gasteiger charge is -2.12. The SMILES string of the molecule is Fc1cccc(SCC2CCCNCC2)c1. The summed E-state index contributed by atoms with van der Waals surface area (Å²) in [5.74, 6) is 1.77. The summed E-state index contributed by atoms with van der Waals surface area (Å²) < 4.78 is 13.0. The third-order valence-corrected chi connectivity index (χ3v) is 4.20. The first-order valence-corrected chi connectivity index (χ1v) is 6.92. The second-order valence-corrected chi connectivity index (χ2v) is 5.41. The van der Waals surface area contributed by atoms with Crippen molar-refractivity contribution in [2.45, 2.75) is 24.2 Å². The van der Waals surface area contributed by atoms with Crippen LogP contribution in [0.25, 0.3) is 0 Å². The summed E-state index contributed by atoms with van der Waals surface area (Å²) in [4.78, 5) is 1.05. The lowest BCUT2D eigenvalue weighted by atomic mass is 10.0. The highest BCUT2D eigenvalue weighted by Crippen LogP contribution is 2.25. The van der Waals surface area contributed by atoms with Crippen LogP contribution in [-0.4, -0.2) is 18.8 Å². The Hall–Kier alpha value is -0.540. The molecule has 1 saturated heterocycles. The molecule has 1 heterocycles. The highest BCUT2D eigenvalue weighted by Gasteiger charge is 2.12. The average molecular weight is 239 g/mol. The summed E-state index contributed by atoms with van der Waals surface area (Å²) in [6.45, 7) is 2.29. The summed E-state index contributed by atoms with van der Waals surface area (Å²) >= 11 is 1.78. The molecular formula is C13H18FNS. The van der Waals surface area contributed by atoms with Gasteiger partial charge in [0.1, 0.15) is 5.82 Å². The largest absolute Gasteiger partial charge is 0.317 e. The zero-order chi connectivity index (χ0) is 11.2. The maximum atomic E-state index is 13.0. The third-order valence-electron chi connectivity index (χ3n) is 2.98. The molecule has 1 aromatic carbocycles. The minimum Gasteiger partial charge on any atom is -0.317 e. The van der Waals surface area contributed by atoms with E-state index in [2.05, 4.69) is 5.32 Å². The molecule has 0 aromatic heterocycles. The lowest BCUT2D eigenvalue weighted by molar-refractivity contribution is 0.528. The van der Waals surface area contributed by atoms with E-state index in [1.807, 2.05) is 6.07 Å². The van der Waals surface area contributed by atoms with E-state index in [1.54, 1.807) is 23.9 Å². The lowest BCUT2D eigenvalue weighted by Crippen LogP contribution is -2.14. The number of rotatable bonds is 3. The summed E-state index contributed by atoms with van der Waals surface area (Å²) in [5, 5.41) is 3.42. The second-order valence-electron chi connectivity index (χ2n) is 4.32. The van der Waals surface area contributed by atoms with Crippen LogP contribution in [0.1, 0.15) is 19.3 Å². The second kappa shape index (κ2) is 6.26. The first-order chi connectivity index (χ1) is 7.84. The molecule has 1 unspecified atom stereocenters. The smallest absolute Gasteiger partial charge is 0.124 e. The monoisotopic (exact) mass is 239 g/mol. The van der Waals surface area contributed by atoms with Gasteiger partial charge in [0.15, 0.2) is 0 Å². The molecule has 0 saturated carbocycles. The molecule has 3 heteroatoms. The van der Waals surface area contributed by atoms with E-state index in [-0.39, 0.29) is 5.82 Å². The summed E-state index contributed by atoms with van der Waals surface area (Å²) in [6.07, 6.45) is 3.83. The first-order valence-electron chi connectivity index (χ1n) is 5.94. The minimum absolute atomic E-state index is 0.132. The predicted octanol–water partition coefficient (Wildman–Crippen LogP) is 3.31. The van der Waals surface area contributed by atoms with Crippen molar-refractivity contribution < 1.29 is 4.39 Å². The van der Waals surface area contributed by atoms with Crippen molar-refractivity contribution in [1.29, 1.82) is 0 Å². The van der Waals surface area contributed by atoms with Crippen molar-refractivity contribution in [1.82, 2.24) is 5.32 Å². The van der Waals surface area contributed by atoms with Gasteiger partial charge in [-0.15, -0.1) is 11.8 Å². The zero-order valence-corrected chi connectivity index (χ0v) is 10.2. The fourth-order valence-electron chi connectivity index (χ4n) is 2.03. The van der Waals surface area contributed by atoms with E-state index < -0.39 is 0 Å². The quantitative estimate of drug-likeness (QED) is 0.812. The van der Waals surface area contributed by atoms with Gasteiger partial charge in [-0.2, -0.15) is 0 Å². The Morgan fingerprint density at radius 2 is 2.25 bits per heavy atom. The Bertz CT molecular complexity index is 321. The van der Waals surface area contributed by atoms with E-state index in [0.717, 1.165) is 29.7 Å². The summed E-state index contributed by atoms with van der Waals surface area (Å²) in [6, 6.07) is 6.90. The summed E-state index contributed by atoms with van der Waals surface area (Å²) in [7, 11) is 0. The maximum Gasteiger partial charge on any atom is 0.124 e. The van der Waals surface area contributed by atoms with Crippen LogP contribution in [0.2, 0.25) is 0 Å². The van der Waals surface area contributed by atoms with Gasteiger partial charge in [0, 0.05) is 10.6 Å². The van der Waals surface area contributed by atoms with Gasteiger partial charge in [-0.25, -0.2) is 4.39 Å². The van der Waals surface area contributed by atoms with E-state index in [1.165, 1.54) is 25.3 Å². The van der Waals surface area contributed by atoms with Crippen molar-refractivity contribution in [3.63, 3.8) is 0 Å². The minimum atomic E-state index is -0.132. The van der Waals surface area contributed by atoms with Gasteiger partial charge in [0.25, 0.3) is 0 Å². The fraction of sp³-hybridized carbons (Fsp3) is 0.538. The Kier molecular flexibility index (Phi) is 4.67. The van der Waals surface area contributed by atoms with Crippen molar-refractivity contribution in [3.8, 4) is 0 Å². The molecule has 1 aliphatic rings. The van der Waals surface area contributed by atoms with Crippen LogP contribution in [-0.2, 0) is 0 Å². The topological polar surface area (TPSA) is 12.0 Å². The van der Waals surface area contributed by atoms with Gasteiger partial charge in [0.2, 0.25) is 0 Å². The zero-order valence-electron chi connectivity index (χ0n) is 9.42. The Morgan fingerprint density at radius 1 is 1.31 bits per heavy atom. The molecule has 1 aromatic rings. The van der Waals surface area contributed by atoms with Gasteiger partial charge in [0.05, 0.1) is 0 Å². The molecule has 1 nitrogen and oxygen atoms in total. The van der Waals surface area contributed by atoms with Crippen molar-refractivity contribution in [2.75, 3.05) is 18.8 Å². The molecule has 1 atom stereocenters. The highest BCUT2D eigenvalue weighted by atomic mass is 32.2. The number of halogens is 1. The van der Waals surface area contributed by atoms with Crippen LogP contribution in [0, 0.1) is 11.7 Å². The predicted molar refractivity (Wildman–Crippen MR) is 67.3 cm³/mol. The number of hydrogen-bond donors (Lipinski definition) is 1. The Balaban J connectivity index is 1.81. The Morgan fingerprint density at radius 3 is 3.12 bits per heavy atom. The molecule has 0 spiro atoms. The molecule has 0 radical (unpaired) electrons. The van der Waals surface area contributed by atoms with Gasteiger partial charge in [-0.3, -0.25) is 0 Å². The molecule has 88 valence electrons. The van der Waals surface area contributed by atoms with Crippen molar-refractivity contribution in [3.05, 3.63) is 30.1 Å². The van der Waals surface area contributed by atoms with Crippen molar-refractivity contribution >= 4 is 11.8 Å². The molecule has 1 N–H and O–H groups in total. The molecule has 0 aliphatic carbocycles. The number of hydrogen-bond acceptors (Lipinski definition) is 2. The van der Waals surface area contributed by atoms with Gasteiger partial charge >= 0.3 is 0 Å². The normalized spacial score (nSPS) is 21.7. The average Bonchev–Trinajstić information content (AvgIpc) is 2.55. The van der Waals surface area contributed by atoms with Crippen LogP contribution >= 0.6 is 11.8 Å². The summed E-state index contributed by atoms with van der Waals surface area (Å²) in [5.41, 5.74) is 0. The van der Waals surface area contributed by atoms with E-state index in [0.29, 0.717) is 0 Å². The molecule has 16 heavy (non-hydrogen) atoms. The molecule has 2 rings (SSSR count). The Labute approximate surface area is 101 Å². The molecular weight excluding hydrogens is 221 g/mol. The van der Waals surface area contributed by atoms with E-state index in [9.17, 15) is 4.39 Å². The van der Waals surface area contributed by atoms with Gasteiger partial charge in [-0.1, -0.05) is 6.07 Å². The van der Waals surface area contributed by atoms with Crippen molar-refractivity contribution in [2.24, 2.45) is 5.92 Å². The molecule has 0 bridgehead atoms. The van der Waals surface area contributed by atoms with E-state index in [4.69, 9.17) is 0 Å². The number of thioether (sulfide) groups is 1. The van der Waals surface area contributed by atoms with Crippen LogP contribution in [0.4, 0.5) is 4.39 Å². The van der Waals surface area contributed by atoms with Crippen LogP contribution < -0.4 is 5.32 Å². The molecule has 1 aliphatic heterocycles. The molecule has 0 amide bonds. The highest BCUT2D eigenvalue weighted by molar-refractivity contribution is 7.99. The van der Waals surface area contributed by atoms with Crippen LogP contribution in [0.15, 0.2) is 29.2 Å². The van der Waals surface area contributed by atoms with E-state index >= 15 is 0 Å². The van der Waals surface area contributed by atoms with Gasteiger partial charge < -0.3 is 5.32 Å². The number of nitrogens with one attached hydrogen (secondary N) is 1. The van der Waals surface area contributed by atoms with Crippen LogP contribution in [0.5, 0.6) is 0 Å². The maximum absolute atomic E-state index is 13.0.